The van der Waals surface area contributed by atoms with E-state index in [2.05, 4.69) is 5.32 Å². The Kier molecular flexibility index (Phi) is 6.41. The van der Waals surface area contributed by atoms with Crippen LogP contribution < -0.4 is 10.5 Å². The Morgan fingerprint density at radius 3 is 2.00 bits per heavy atom. The van der Waals surface area contributed by atoms with E-state index in [0.29, 0.717) is 12.1 Å². The molecule has 0 radical (unpaired) electrons. The quantitative estimate of drug-likeness (QED) is 0.461. The Hall–Kier alpha value is -2.70. The van der Waals surface area contributed by atoms with Crippen molar-refractivity contribution in [2.24, 2.45) is 0 Å². The SMILES string of the molecule is Cc1cc(C(F)(C(C)(F)F)C(F)(F)F)cc(C)c1NC(=O)c1cccc([NH+]([O-])O)c1F. The molecule has 0 saturated carbocycles. The molecule has 2 atom stereocenters. The maximum atomic E-state index is 14.7. The number of amides is 1. The van der Waals surface area contributed by atoms with Gasteiger partial charge in [-0.2, -0.15) is 22.8 Å². The summed E-state index contributed by atoms with van der Waals surface area (Å²) in [6.07, 6.45) is -5.94. The number of nitrogens with one attached hydrogen (secondary N) is 2. The highest BCUT2D eigenvalue weighted by Gasteiger charge is 2.70. The molecule has 0 bridgehead atoms. The summed E-state index contributed by atoms with van der Waals surface area (Å²) in [5, 5.41) is 20.5. The minimum Gasteiger partial charge on any atom is -0.595 e. The summed E-state index contributed by atoms with van der Waals surface area (Å²) in [6, 6.07) is 4.02. The zero-order chi connectivity index (χ0) is 23.9. The number of halogens is 7. The molecular formula is C19H17F7N2O3. The zero-order valence-electron chi connectivity index (χ0n) is 16.3. The van der Waals surface area contributed by atoms with Crippen LogP contribution in [0.1, 0.15) is 34.0 Å². The summed E-state index contributed by atoms with van der Waals surface area (Å²) >= 11 is 0. The molecule has 0 spiro atoms. The Morgan fingerprint density at radius 2 is 1.58 bits per heavy atom. The number of benzene rings is 2. The van der Waals surface area contributed by atoms with E-state index in [-0.39, 0.29) is 23.7 Å². The second kappa shape index (κ2) is 8.09. The molecule has 0 aliphatic heterocycles. The van der Waals surface area contributed by atoms with Crippen LogP contribution in [0, 0.1) is 24.9 Å². The average Bonchev–Trinajstić information content (AvgIpc) is 2.61. The maximum absolute atomic E-state index is 14.7. The molecule has 5 nitrogen and oxygen atoms in total. The first-order valence-corrected chi connectivity index (χ1v) is 8.60. The molecule has 0 aliphatic carbocycles. The van der Waals surface area contributed by atoms with E-state index < -0.39 is 51.5 Å². The molecule has 0 fully saturated rings. The Labute approximate surface area is 171 Å². The first kappa shape index (κ1) is 24.6. The normalized spacial score (nSPS) is 15.4. The van der Waals surface area contributed by atoms with E-state index in [0.717, 1.165) is 32.0 Å². The van der Waals surface area contributed by atoms with Gasteiger partial charge in [-0.25, -0.2) is 18.4 Å². The van der Waals surface area contributed by atoms with Crippen molar-refractivity contribution < 1.29 is 46.0 Å². The van der Waals surface area contributed by atoms with Crippen LogP contribution in [-0.4, -0.2) is 23.2 Å². The van der Waals surface area contributed by atoms with Crippen molar-refractivity contribution >= 4 is 17.3 Å². The van der Waals surface area contributed by atoms with E-state index in [9.17, 15) is 40.7 Å². The molecule has 170 valence electrons. The highest BCUT2D eigenvalue weighted by Crippen LogP contribution is 2.53. The van der Waals surface area contributed by atoms with Gasteiger partial charge in [0, 0.05) is 24.2 Å². The van der Waals surface area contributed by atoms with Crippen LogP contribution in [0.25, 0.3) is 0 Å². The molecule has 0 aromatic heterocycles. The smallest absolute Gasteiger partial charge is 0.432 e. The minimum atomic E-state index is -5.94. The fourth-order valence-corrected chi connectivity index (χ4v) is 3.08. The molecule has 12 heteroatoms. The van der Waals surface area contributed by atoms with E-state index in [1.54, 1.807) is 0 Å². The van der Waals surface area contributed by atoms with Crippen LogP contribution in [0.2, 0.25) is 0 Å². The molecule has 2 aromatic rings. The van der Waals surface area contributed by atoms with Gasteiger partial charge in [0.15, 0.2) is 5.82 Å². The van der Waals surface area contributed by atoms with Gasteiger partial charge in [-0.1, -0.05) is 18.2 Å². The Bertz CT molecular complexity index is 964. The van der Waals surface area contributed by atoms with E-state index >= 15 is 0 Å². The lowest BCUT2D eigenvalue weighted by Gasteiger charge is -2.34. The molecule has 0 aliphatic rings. The minimum absolute atomic E-state index is 0.169. The third-order valence-corrected chi connectivity index (χ3v) is 4.64. The third-order valence-electron chi connectivity index (χ3n) is 4.64. The van der Waals surface area contributed by atoms with Crippen LogP contribution in [0.3, 0.4) is 0 Å². The largest absolute Gasteiger partial charge is 0.595 e. The highest BCUT2D eigenvalue weighted by atomic mass is 19.4. The van der Waals surface area contributed by atoms with Gasteiger partial charge in [0.1, 0.15) is 0 Å². The van der Waals surface area contributed by atoms with Crippen molar-refractivity contribution in [2.45, 2.75) is 38.5 Å². The number of alkyl halides is 6. The van der Waals surface area contributed by atoms with Crippen LogP contribution in [0.4, 0.5) is 42.1 Å². The molecule has 0 saturated heterocycles. The number of carbonyl (C=O) groups excluding carboxylic acids is 1. The monoisotopic (exact) mass is 454 g/mol. The fraction of sp³-hybridized carbons (Fsp3) is 0.316. The van der Waals surface area contributed by atoms with Gasteiger partial charge in [-0.3, -0.25) is 4.79 Å². The van der Waals surface area contributed by atoms with Gasteiger partial charge >= 0.3 is 6.18 Å². The van der Waals surface area contributed by atoms with Gasteiger partial charge in [0.2, 0.25) is 5.69 Å². The summed E-state index contributed by atoms with van der Waals surface area (Å²) in [7, 11) is 0. The van der Waals surface area contributed by atoms with E-state index in [1.807, 2.05) is 0 Å². The molecule has 0 heterocycles. The van der Waals surface area contributed by atoms with Gasteiger partial charge in [-0.15, -0.1) is 0 Å². The number of anilines is 1. The Balaban J connectivity index is 2.51. The lowest BCUT2D eigenvalue weighted by Crippen LogP contribution is -2.99. The number of hydrogen-bond acceptors (Lipinski definition) is 3. The van der Waals surface area contributed by atoms with E-state index in [1.165, 1.54) is 0 Å². The van der Waals surface area contributed by atoms with Gasteiger partial charge < -0.3 is 10.5 Å². The summed E-state index contributed by atoms with van der Waals surface area (Å²) in [5.74, 6) is -7.29. The van der Waals surface area contributed by atoms with Crippen LogP contribution >= 0.6 is 0 Å². The second-order valence-electron chi connectivity index (χ2n) is 6.96. The summed E-state index contributed by atoms with van der Waals surface area (Å²) < 4.78 is 95.8. The molecule has 2 rings (SSSR count). The van der Waals surface area contributed by atoms with Crippen LogP contribution in [0.15, 0.2) is 30.3 Å². The molecule has 2 unspecified atom stereocenters. The lowest BCUT2D eigenvalue weighted by atomic mass is 9.86. The number of quaternary nitrogens is 1. The van der Waals surface area contributed by atoms with Crippen molar-refractivity contribution in [1.29, 1.82) is 0 Å². The molecular weight excluding hydrogens is 437 g/mol. The van der Waals surface area contributed by atoms with Gasteiger partial charge in [0.05, 0.1) is 5.56 Å². The van der Waals surface area contributed by atoms with Crippen molar-refractivity contribution in [1.82, 2.24) is 0 Å². The fourth-order valence-electron chi connectivity index (χ4n) is 3.08. The van der Waals surface area contributed by atoms with Crippen LogP contribution in [-0.2, 0) is 5.67 Å². The number of carbonyl (C=O) groups is 1. The predicted octanol–water partition coefficient (Wildman–Crippen LogP) is 4.48. The van der Waals surface area contributed by atoms with E-state index in [4.69, 9.17) is 5.21 Å². The second-order valence-corrected chi connectivity index (χ2v) is 6.96. The number of rotatable bonds is 5. The van der Waals surface area contributed by atoms with Crippen molar-refractivity contribution in [3.8, 4) is 0 Å². The summed E-state index contributed by atoms with van der Waals surface area (Å²) in [5.41, 5.74) is -8.37. The summed E-state index contributed by atoms with van der Waals surface area (Å²) in [4.78, 5) is 12.4. The third kappa shape index (κ3) is 4.36. The number of hydrogen-bond donors (Lipinski definition) is 3. The topological polar surface area (TPSA) is 76.8 Å². The zero-order valence-corrected chi connectivity index (χ0v) is 16.3. The molecule has 1 amide bonds. The van der Waals surface area contributed by atoms with Gasteiger partial charge in [-0.05, 0) is 31.0 Å². The highest BCUT2D eigenvalue weighted by molar-refractivity contribution is 6.05. The molecule has 2 aromatic carbocycles. The van der Waals surface area contributed by atoms with Crippen LogP contribution in [0.5, 0.6) is 0 Å². The first-order chi connectivity index (χ1) is 14.0. The molecule has 31 heavy (non-hydrogen) atoms. The standard InChI is InChI=1S/C19H17F7N2O3/c1-9-7-11(18(23,17(3,21)22)19(24,25)26)8-10(2)15(9)27-16(29)12-5-4-6-13(14(12)20)28(30)31/h4-8,28,30H,1-3H3,(H,27,29). The van der Waals surface area contributed by atoms with Crippen molar-refractivity contribution in [3.63, 3.8) is 0 Å². The lowest BCUT2D eigenvalue weighted by molar-refractivity contribution is -0.992. The first-order valence-electron chi connectivity index (χ1n) is 8.60. The Morgan fingerprint density at radius 1 is 1.06 bits per heavy atom. The summed E-state index contributed by atoms with van der Waals surface area (Å²) in [6.45, 7) is 2.08. The molecule has 3 N–H and O–H groups in total. The van der Waals surface area contributed by atoms with Crippen molar-refractivity contribution in [2.75, 3.05) is 5.32 Å². The van der Waals surface area contributed by atoms with Crippen molar-refractivity contribution in [3.05, 3.63) is 63.6 Å². The van der Waals surface area contributed by atoms with Gasteiger partial charge in [0.25, 0.3) is 17.5 Å². The maximum Gasteiger partial charge on any atom is 0.432 e. The number of aryl methyl sites for hydroxylation is 2. The average molecular weight is 454 g/mol. The predicted molar refractivity (Wildman–Crippen MR) is 95.5 cm³/mol.